The molecule has 0 spiro atoms. The van der Waals surface area contributed by atoms with E-state index in [1.807, 2.05) is 6.92 Å². The van der Waals surface area contributed by atoms with Crippen molar-refractivity contribution in [2.45, 2.75) is 25.9 Å². The minimum Gasteiger partial charge on any atom is -0.478 e. The Balaban J connectivity index is 2.82. The van der Waals surface area contributed by atoms with Crippen LogP contribution in [0.5, 0.6) is 5.88 Å². The Morgan fingerprint density at radius 2 is 2.06 bits per heavy atom. The maximum Gasteiger partial charge on any atom is 0.433 e. The normalized spacial score (nSPS) is 11.6. The predicted octanol–water partition coefficient (Wildman–Crippen LogP) is 3.33. The van der Waals surface area contributed by atoms with E-state index in [0.29, 0.717) is 6.61 Å². The van der Waals surface area contributed by atoms with Crippen molar-refractivity contribution < 1.29 is 17.9 Å². The van der Waals surface area contributed by atoms with Gasteiger partial charge in [-0.05, 0) is 18.0 Å². The summed E-state index contributed by atoms with van der Waals surface area (Å²) in [6, 6.07) is 0.738. The van der Waals surface area contributed by atoms with Gasteiger partial charge >= 0.3 is 6.18 Å². The minimum atomic E-state index is -4.55. The third-order valence-electron chi connectivity index (χ3n) is 1.71. The van der Waals surface area contributed by atoms with Gasteiger partial charge in [-0.1, -0.05) is 13.3 Å². The number of ether oxygens (including phenoxy) is 1. The summed E-state index contributed by atoms with van der Waals surface area (Å²) in [5.41, 5.74) is -1.10. The van der Waals surface area contributed by atoms with Gasteiger partial charge in [0, 0.05) is 6.07 Å². The Bertz CT molecular complexity index is 357. The molecule has 1 aromatic heterocycles. The van der Waals surface area contributed by atoms with Gasteiger partial charge in [0.25, 0.3) is 0 Å². The Hall–Kier alpha value is -1.04. The lowest BCUT2D eigenvalue weighted by molar-refractivity contribution is -0.141. The fourth-order valence-electron chi connectivity index (χ4n) is 0.937. The zero-order valence-electron chi connectivity index (χ0n) is 8.51. The number of unbranched alkanes of at least 4 members (excludes halogenated alkanes) is 1. The van der Waals surface area contributed by atoms with Gasteiger partial charge in [0.05, 0.1) is 6.61 Å². The van der Waals surface area contributed by atoms with Crippen LogP contribution < -0.4 is 4.74 Å². The molecule has 3 nitrogen and oxygen atoms in total. The molecule has 0 amide bonds. The average Bonchev–Trinajstić information content (AvgIpc) is 2.16. The van der Waals surface area contributed by atoms with Crippen molar-refractivity contribution >= 4 is 11.6 Å². The molecule has 0 atom stereocenters. The summed E-state index contributed by atoms with van der Waals surface area (Å²) in [4.78, 5) is 6.63. The number of rotatable bonds is 4. The third kappa shape index (κ3) is 3.84. The van der Waals surface area contributed by atoms with Gasteiger partial charge < -0.3 is 4.74 Å². The molecule has 0 radical (unpaired) electrons. The van der Waals surface area contributed by atoms with Crippen LogP contribution in [0.4, 0.5) is 13.2 Å². The van der Waals surface area contributed by atoms with Crippen LogP contribution in [0.1, 0.15) is 25.5 Å². The van der Waals surface area contributed by atoms with Crippen LogP contribution in [0, 0.1) is 0 Å². The third-order valence-corrected chi connectivity index (χ3v) is 1.88. The summed E-state index contributed by atoms with van der Waals surface area (Å²) in [5.74, 6) is -0.152. The van der Waals surface area contributed by atoms with E-state index in [0.717, 1.165) is 18.9 Å². The standard InChI is InChI=1S/C9H10ClF3N2O/c1-2-3-4-16-7-5-6(9(11,12)13)14-8(10)15-7/h5H,2-4H2,1H3. The molecule has 7 heteroatoms. The van der Waals surface area contributed by atoms with Gasteiger partial charge in [-0.15, -0.1) is 0 Å². The van der Waals surface area contributed by atoms with Gasteiger partial charge in [0.2, 0.25) is 11.2 Å². The first-order chi connectivity index (χ1) is 7.43. The molecule has 1 aromatic rings. The molecular formula is C9H10ClF3N2O. The van der Waals surface area contributed by atoms with Crippen LogP contribution in [0.3, 0.4) is 0 Å². The Morgan fingerprint density at radius 3 is 2.62 bits per heavy atom. The van der Waals surface area contributed by atoms with Gasteiger partial charge in [-0.2, -0.15) is 18.2 Å². The number of hydrogen-bond donors (Lipinski definition) is 0. The van der Waals surface area contributed by atoms with Crippen molar-refractivity contribution in [1.29, 1.82) is 0 Å². The molecule has 0 saturated heterocycles. The first-order valence-electron chi connectivity index (χ1n) is 4.68. The van der Waals surface area contributed by atoms with Crippen molar-refractivity contribution in [3.05, 3.63) is 17.0 Å². The summed E-state index contributed by atoms with van der Waals surface area (Å²) in [5, 5.41) is -0.471. The Labute approximate surface area is 95.6 Å². The van der Waals surface area contributed by atoms with E-state index in [1.165, 1.54) is 0 Å². The summed E-state index contributed by atoms with van der Waals surface area (Å²) >= 11 is 5.37. The topological polar surface area (TPSA) is 35.0 Å². The van der Waals surface area contributed by atoms with Gasteiger partial charge in [0.15, 0.2) is 5.69 Å². The van der Waals surface area contributed by atoms with E-state index in [2.05, 4.69) is 9.97 Å². The van der Waals surface area contributed by atoms with Gasteiger partial charge in [0.1, 0.15) is 0 Å². The smallest absolute Gasteiger partial charge is 0.433 e. The van der Waals surface area contributed by atoms with E-state index in [9.17, 15) is 13.2 Å². The van der Waals surface area contributed by atoms with Crippen molar-refractivity contribution in [3.63, 3.8) is 0 Å². The second-order valence-electron chi connectivity index (χ2n) is 3.06. The molecule has 0 N–H and O–H groups in total. The molecule has 0 fully saturated rings. The lowest BCUT2D eigenvalue weighted by atomic mass is 10.3. The largest absolute Gasteiger partial charge is 0.478 e. The Kier molecular flexibility index (Phi) is 4.35. The van der Waals surface area contributed by atoms with E-state index in [-0.39, 0.29) is 5.88 Å². The molecule has 90 valence electrons. The highest BCUT2D eigenvalue weighted by atomic mass is 35.5. The second kappa shape index (κ2) is 5.34. The molecule has 0 aliphatic rings. The Morgan fingerprint density at radius 1 is 1.38 bits per heavy atom. The maximum atomic E-state index is 12.3. The molecule has 16 heavy (non-hydrogen) atoms. The van der Waals surface area contributed by atoms with Gasteiger partial charge in [-0.3, -0.25) is 0 Å². The van der Waals surface area contributed by atoms with Gasteiger partial charge in [-0.25, -0.2) is 4.98 Å². The fraction of sp³-hybridized carbons (Fsp3) is 0.556. The highest BCUT2D eigenvalue weighted by Gasteiger charge is 2.33. The molecule has 0 aliphatic carbocycles. The van der Waals surface area contributed by atoms with Crippen LogP contribution in [0.25, 0.3) is 0 Å². The molecule has 1 heterocycles. The zero-order valence-corrected chi connectivity index (χ0v) is 9.27. The lowest BCUT2D eigenvalue weighted by Gasteiger charge is -2.08. The first-order valence-corrected chi connectivity index (χ1v) is 5.06. The van der Waals surface area contributed by atoms with Crippen LogP contribution in [-0.4, -0.2) is 16.6 Å². The number of hydrogen-bond acceptors (Lipinski definition) is 3. The monoisotopic (exact) mass is 254 g/mol. The fourth-order valence-corrected chi connectivity index (χ4v) is 1.11. The highest BCUT2D eigenvalue weighted by Crippen LogP contribution is 2.30. The molecule has 1 rings (SSSR count). The van der Waals surface area contributed by atoms with E-state index < -0.39 is 17.2 Å². The number of nitrogens with zero attached hydrogens (tertiary/aromatic N) is 2. The summed E-state index contributed by atoms with van der Waals surface area (Å²) in [7, 11) is 0. The maximum absolute atomic E-state index is 12.3. The molecule has 0 unspecified atom stereocenters. The predicted molar refractivity (Wildman–Crippen MR) is 52.4 cm³/mol. The SMILES string of the molecule is CCCCOc1cc(C(F)(F)F)nc(Cl)n1. The van der Waals surface area contributed by atoms with Crippen molar-refractivity contribution in [2.75, 3.05) is 6.61 Å². The van der Waals surface area contributed by atoms with E-state index in [1.54, 1.807) is 0 Å². The highest BCUT2D eigenvalue weighted by molar-refractivity contribution is 6.28. The quantitative estimate of drug-likeness (QED) is 0.611. The number of alkyl halides is 3. The van der Waals surface area contributed by atoms with Crippen LogP contribution in [0.15, 0.2) is 6.07 Å². The summed E-state index contributed by atoms with van der Waals surface area (Å²) < 4.78 is 42.0. The molecule has 0 aromatic carbocycles. The van der Waals surface area contributed by atoms with Crippen molar-refractivity contribution in [2.24, 2.45) is 0 Å². The number of aromatic nitrogens is 2. The second-order valence-corrected chi connectivity index (χ2v) is 3.40. The summed E-state index contributed by atoms with van der Waals surface area (Å²) in [6.07, 6.45) is -2.93. The lowest BCUT2D eigenvalue weighted by Crippen LogP contribution is -2.10. The molecule has 0 aliphatic heterocycles. The molecular weight excluding hydrogens is 245 g/mol. The van der Waals surface area contributed by atoms with Crippen LogP contribution >= 0.6 is 11.6 Å². The van der Waals surface area contributed by atoms with Crippen LogP contribution in [-0.2, 0) is 6.18 Å². The van der Waals surface area contributed by atoms with Crippen molar-refractivity contribution in [3.8, 4) is 5.88 Å². The minimum absolute atomic E-state index is 0.152. The van der Waals surface area contributed by atoms with E-state index >= 15 is 0 Å². The van der Waals surface area contributed by atoms with E-state index in [4.69, 9.17) is 16.3 Å². The molecule has 0 saturated carbocycles. The summed E-state index contributed by atoms with van der Waals surface area (Å²) in [6.45, 7) is 2.25. The van der Waals surface area contributed by atoms with Crippen molar-refractivity contribution in [1.82, 2.24) is 9.97 Å². The average molecular weight is 255 g/mol. The number of halogens is 4. The van der Waals surface area contributed by atoms with Crippen LogP contribution in [0.2, 0.25) is 5.28 Å². The first kappa shape index (κ1) is 13.0. The zero-order chi connectivity index (χ0) is 12.2. The molecule has 0 bridgehead atoms.